The van der Waals surface area contributed by atoms with E-state index in [-0.39, 0.29) is 0 Å². The fourth-order valence-corrected chi connectivity index (χ4v) is 2.73. The van der Waals surface area contributed by atoms with Crippen LogP contribution in [0.15, 0.2) is 26.4 Å². The standard InChI is InChI=1S/C8H8BrN5S2/c1-2-10-7-13-14-8(16-7)15-6-11-3-5(9)4-12-6/h3-4H,2H2,1H3,(H,10,13). The molecule has 0 aromatic carbocycles. The molecule has 1 N–H and O–H groups in total. The SMILES string of the molecule is CCNc1nnc(Sc2ncc(Br)cn2)s1. The predicted molar refractivity (Wildman–Crippen MR) is 67.9 cm³/mol. The highest BCUT2D eigenvalue weighted by molar-refractivity contribution is 9.10. The van der Waals surface area contributed by atoms with E-state index in [4.69, 9.17) is 0 Å². The number of hydrogen-bond acceptors (Lipinski definition) is 7. The monoisotopic (exact) mass is 317 g/mol. The van der Waals surface area contributed by atoms with Crippen molar-refractivity contribution in [2.24, 2.45) is 0 Å². The molecule has 0 fully saturated rings. The number of aromatic nitrogens is 4. The molecule has 0 amide bonds. The van der Waals surface area contributed by atoms with Gasteiger partial charge in [0.1, 0.15) is 0 Å². The van der Waals surface area contributed by atoms with Crippen molar-refractivity contribution in [3.05, 3.63) is 16.9 Å². The Bertz CT molecular complexity index is 458. The molecule has 2 aromatic rings. The molecule has 5 nitrogen and oxygen atoms in total. The Labute approximate surface area is 109 Å². The van der Waals surface area contributed by atoms with Gasteiger partial charge in [0.2, 0.25) is 5.13 Å². The maximum atomic E-state index is 4.15. The molecular weight excluding hydrogens is 310 g/mol. The first-order valence-corrected chi connectivity index (χ1v) is 6.93. The van der Waals surface area contributed by atoms with E-state index in [1.807, 2.05) is 6.92 Å². The first kappa shape index (κ1) is 11.7. The second-order valence-corrected chi connectivity index (χ2v) is 5.80. The van der Waals surface area contributed by atoms with Crippen molar-refractivity contribution in [2.75, 3.05) is 11.9 Å². The quantitative estimate of drug-likeness (QED) is 0.875. The zero-order valence-corrected chi connectivity index (χ0v) is 11.6. The molecule has 0 radical (unpaired) electrons. The summed E-state index contributed by atoms with van der Waals surface area (Å²) in [6.07, 6.45) is 3.42. The van der Waals surface area contributed by atoms with Crippen LogP contribution in [-0.4, -0.2) is 26.7 Å². The third-order valence-corrected chi connectivity index (χ3v) is 3.74. The average Bonchev–Trinajstić information content (AvgIpc) is 2.70. The van der Waals surface area contributed by atoms with Crippen LogP contribution in [0.5, 0.6) is 0 Å². The Morgan fingerprint density at radius 2 is 2.12 bits per heavy atom. The van der Waals surface area contributed by atoms with E-state index in [0.717, 1.165) is 20.5 Å². The average molecular weight is 318 g/mol. The van der Waals surface area contributed by atoms with Gasteiger partial charge >= 0.3 is 0 Å². The zero-order chi connectivity index (χ0) is 11.4. The Balaban J connectivity index is 2.05. The predicted octanol–water partition coefficient (Wildman–Crippen LogP) is 2.67. The second-order valence-electron chi connectivity index (χ2n) is 2.69. The zero-order valence-electron chi connectivity index (χ0n) is 8.35. The highest BCUT2D eigenvalue weighted by Crippen LogP contribution is 2.29. The summed E-state index contributed by atoms with van der Waals surface area (Å²) in [4.78, 5) is 8.30. The van der Waals surface area contributed by atoms with Crippen LogP contribution in [0.1, 0.15) is 6.92 Å². The molecular formula is C8H8BrN5S2. The molecule has 2 heterocycles. The molecule has 0 saturated heterocycles. The molecule has 8 heteroatoms. The van der Waals surface area contributed by atoms with Crippen LogP contribution in [0.4, 0.5) is 5.13 Å². The molecule has 84 valence electrons. The summed E-state index contributed by atoms with van der Waals surface area (Å²) in [6.45, 7) is 2.86. The molecule has 0 unspecified atom stereocenters. The van der Waals surface area contributed by atoms with Gasteiger partial charge in [0.25, 0.3) is 0 Å². The summed E-state index contributed by atoms with van der Waals surface area (Å²) in [5.41, 5.74) is 0. The number of halogens is 1. The van der Waals surface area contributed by atoms with Gasteiger partial charge < -0.3 is 5.32 Å². The lowest BCUT2D eigenvalue weighted by Crippen LogP contribution is -1.94. The third-order valence-electron chi connectivity index (χ3n) is 1.51. The summed E-state index contributed by atoms with van der Waals surface area (Å²) >= 11 is 6.19. The highest BCUT2D eigenvalue weighted by Gasteiger charge is 2.06. The molecule has 0 aliphatic carbocycles. The van der Waals surface area contributed by atoms with Gasteiger partial charge in [-0.25, -0.2) is 9.97 Å². The molecule has 2 rings (SSSR count). The summed E-state index contributed by atoms with van der Waals surface area (Å²) in [5, 5.41) is 12.6. The summed E-state index contributed by atoms with van der Waals surface area (Å²) in [6, 6.07) is 0. The summed E-state index contributed by atoms with van der Waals surface area (Å²) < 4.78 is 1.70. The lowest BCUT2D eigenvalue weighted by Gasteiger charge is -1.94. The normalized spacial score (nSPS) is 10.4. The lowest BCUT2D eigenvalue weighted by molar-refractivity contribution is 0.946. The van der Waals surface area contributed by atoms with Crippen LogP contribution < -0.4 is 5.32 Å². The summed E-state index contributed by atoms with van der Waals surface area (Å²) in [5.74, 6) is 0. The van der Waals surface area contributed by atoms with Crippen LogP contribution >= 0.6 is 39.0 Å². The first-order valence-electron chi connectivity index (χ1n) is 4.50. The Hall–Kier alpha value is -0.730. The van der Waals surface area contributed by atoms with Crippen LogP contribution in [0.2, 0.25) is 0 Å². The molecule has 0 aliphatic heterocycles. The molecule has 16 heavy (non-hydrogen) atoms. The number of rotatable bonds is 4. The minimum Gasteiger partial charge on any atom is -0.360 e. The van der Waals surface area contributed by atoms with Crippen LogP contribution in [0.25, 0.3) is 0 Å². The number of nitrogens with one attached hydrogen (secondary N) is 1. The van der Waals surface area contributed by atoms with E-state index >= 15 is 0 Å². The molecule has 0 aliphatic rings. The topological polar surface area (TPSA) is 63.6 Å². The van der Waals surface area contributed by atoms with E-state index in [1.165, 1.54) is 23.1 Å². The van der Waals surface area contributed by atoms with Crippen LogP contribution in [0.3, 0.4) is 0 Å². The van der Waals surface area contributed by atoms with E-state index in [9.17, 15) is 0 Å². The maximum Gasteiger partial charge on any atom is 0.206 e. The Morgan fingerprint density at radius 1 is 1.38 bits per heavy atom. The van der Waals surface area contributed by atoms with E-state index in [1.54, 1.807) is 12.4 Å². The third kappa shape index (κ3) is 3.13. The van der Waals surface area contributed by atoms with Gasteiger partial charge in [-0.05, 0) is 34.6 Å². The van der Waals surface area contributed by atoms with Gasteiger partial charge in [0.05, 0.1) is 4.47 Å². The Morgan fingerprint density at radius 3 is 2.81 bits per heavy atom. The van der Waals surface area contributed by atoms with E-state index in [2.05, 4.69) is 41.4 Å². The second kappa shape index (κ2) is 5.55. The van der Waals surface area contributed by atoms with Gasteiger partial charge in [-0.15, -0.1) is 10.2 Å². The Kier molecular flexibility index (Phi) is 4.08. The fraction of sp³-hybridized carbons (Fsp3) is 0.250. The van der Waals surface area contributed by atoms with Gasteiger partial charge in [-0.3, -0.25) is 0 Å². The van der Waals surface area contributed by atoms with E-state index < -0.39 is 0 Å². The van der Waals surface area contributed by atoms with Crippen molar-refractivity contribution < 1.29 is 0 Å². The number of anilines is 1. The van der Waals surface area contributed by atoms with Crippen molar-refractivity contribution in [1.29, 1.82) is 0 Å². The molecule has 0 atom stereocenters. The van der Waals surface area contributed by atoms with Gasteiger partial charge in [0.15, 0.2) is 9.50 Å². The maximum absolute atomic E-state index is 4.15. The van der Waals surface area contributed by atoms with Crippen molar-refractivity contribution in [3.63, 3.8) is 0 Å². The number of nitrogens with zero attached hydrogens (tertiary/aromatic N) is 4. The first-order chi connectivity index (χ1) is 7.78. The minimum atomic E-state index is 0.669. The summed E-state index contributed by atoms with van der Waals surface area (Å²) in [7, 11) is 0. The van der Waals surface area contributed by atoms with E-state index in [0.29, 0.717) is 5.16 Å². The largest absolute Gasteiger partial charge is 0.360 e. The molecule has 0 saturated carbocycles. The lowest BCUT2D eigenvalue weighted by atomic mass is 10.7. The number of hydrogen-bond donors (Lipinski definition) is 1. The van der Waals surface area contributed by atoms with Crippen LogP contribution in [-0.2, 0) is 0 Å². The molecule has 0 spiro atoms. The molecule has 2 aromatic heterocycles. The van der Waals surface area contributed by atoms with Gasteiger partial charge in [0, 0.05) is 18.9 Å². The van der Waals surface area contributed by atoms with Crippen LogP contribution in [0, 0.1) is 0 Å². The van der Waals surface area contributed by atoms with Crippen molar-refractivity contribution in [1.82, 2.24) is 20.2 Å². The van der Waals surface area contributed by atoms with Gasteiger partial charge in [-0.2, -0.15) is 0 Å². The van der Waals surface area contributed by atoms with Crippen molar-refractivity contribution in [3.8, 4) is 0 Å². The van der Waals surface area contributed by atoms with Crippen molar-refractivity contribution in [2.45, 2.75) is 16.4 Å². The fourth-order valence-electron chi connectivity index (χ4n) is 0.905. The highest BCUT2D eigenvalue weighted by atomic mass is 79.9. The molecule has 0 bridgehead atoms. The van der Waals surface area contributed by atoms with Crippen molar-refractivity contribution >= 4 is 44.2 Å². The van der Waals surface area contributed by atoms with Gasteiger partial charge in [-0.1, -0.05) is 11.3 Å². The smallest absolute Gasteiger partial charge is 0.206 e. The minimum absolute atomic E-state index is 0.669.